The molecule has 0 N–H and O–H groups in total. The topological polar surface area (TPSA) is 32.8 Å². The minimum absolute atomic E-state index is 0.0257. The van der Waals surface area contributed by atoms with E-state index in [1.807, 2.05) is 6.92 Å². The van der Waals surface area contributed by atoms with Gasteiger partial charge in [-0.1, -0.05) is 12.1 Å². The van der Waals surface area contributed by atoms with Crippen LogP contribution < -0.4 is 0 Å². The van der Waals surface area contributed by atoms with Crippen molar-refractivity contribution in [3.8, 4) is 0 Å². The van der Waals surface area contributed by atoms with E-state index >= 15 is 0 Å². The molecule has 1 aromatic carbocycles. The molecule has 0 radical (unpaired) electrons. The fourth-order valence-electron chi connectivity index (χ4n) is 2.25. The Labute approximate surface area is 112 Å². The van der Waals surface area contributed by atoms with Gasteiger partial charge in [0.25, 0.3) is 0 Å². The summed E-state index contributed by atoms with van der Waals surface area (Å²) in [5.74, 6) is -0.270. The first-order chi connectivity index (χ1) is 8.97. The SMILES string of the molecule is CC1CN(C(=O)N(C)C)CC(c2ccc(F)cc2)O1. The lowest BCUT2D eigenvalue weighted by molar-refractivity contribution is -0.0680. The minimum atomic E-state index is -0.270. The zero-order valence-corrected chi connectivity index (χ0v) is 11.5. The quantitative estimate of drug-likeness (QED) is 0.781. The van der Waals surface area contributed by atoms with Gasteiger partial charge in [-0.05, 0) is 24.6 Å². The number of urea groups is 1. The van der Waals surface area contributed by atoms with Crippen LogP contribution in [0, 0.1) is 5.82 Å². The molecule has 2 rings (SSSR count). The van der Waals surface area contributed by atoms with Gasteiger partial charge < -0.3 is 14.5 Å². The molecule has 1 saturated heterocycles. The van der Waals surface area contributed by atoms with Crippen molar-refractivity contribution in [1.82, 2.24) is 9.80 Å². The summed E-state index contributed by atoms with van der Waals surface area (Å²) in [5.41, 5.74) is 0.893. The number of amides is 2. The molecule has 1 aliphatic rings. The Morgan fingerprint density at radius 3 is 2.53 bits per heavy atom. The molecule has 0 bridgehead atoms. The van der Waals surface area contributed by atoms with E-state index in [2.05, 4.69) is 0 Å². The molecule has 5 heteroatoms. The van der Waals surface area contributed by atoms with Crippen molar-refractivity contribution in [3.05, 3.63) is 35.6 Å². The van der Waals surface area contributed by atoms with Crippen LogP contribution in [-0.4, -0.2) is 49.1 Å². The van der Waals surface area contributed by atoms with Crippen LogP contribution in [0.15, 0.2) is 24.3 Å². The van der Waals surface area contributed by atoms with Gasteiger partial charge in [0.1, 0.15) is 11.9 Å². The van der Waals surface area contributed by atoms with Crippen LogP contribution in [0.3, 0.4) is 0 Å². The van der Waals surface area contributed by atoms with Crippen LogP contribution in [0.2, 0.25) is 0 Å². The molecule has 0 aliphatic carbocycles. The third-order valence-corrected chi connectivity index (χ3v) is 3.16. The summed E-state index contributed by atoms with van der Waals surface area (Å²) in [4.78, 5) is 15.3. The molecule has 2 atom stereocenters. The van der Waals surface area contributed by atoms with Crippen LogP contribution >= 0.6 is 0 Å². The maximum absolute atomic E-state index is 12.9. The van der Waals surface area contributed by atoms with Crippen LogP contribution in [0.5, 0.6) is 0 Å². The number of ether oxygens (including phenoxy) is 1. The number of benzene rings is 1. The largest absolute Gasteiger partial charge is 0.367 e. The molecule has 1 fully saturated rings. The molecule has 4 nitrogen and oxygen atoms in total. The fourth-order valence-corrected chi connectivity index (χ4v) is 2.25. The average Bonchev–Trinajstić information content (AvgIpc) is 2.37. The predicted molar refractivity (Wildman–Crippen MR) is 70.3 cm³/mol. The fraction of sp³-hybridized carbons (Fsp3) is 0.500. The highest BCUT2D eigenvalue weighted by molar-refractivity contribution is 5.74. The maximum Gasteiger partial charge on any atom is 0.319 e. The lowest BCUT2D eigenvalue weighted by Crippen LogP contribution is -2.49. The van der Waals surface area contributed by atoms with Crippen molar-refractivity contribution in [1.29, 1.82) is 0 Å². The first kappa shape index (κ1) is 13.8. The third kappa shape index (κ3) is 3.23. The lowest BCUT2D eigenvalue weighted by atomic mass is 10.1. The molecule has 1 aromatic rings. The van der Waals surface area contributed by atoms with Crippen LogP contribution in [0.1, 0.15) is 18.6 Å². The minimum Gasteiger partial charge on any atom is -0.367 e. The number of halogens is 1. The van der Waals surface area contributed by atoms with Crippen molar-refractivity contribution in [2.45, 2.75) is 19.1 Å². The summed E-state index contributed by atoms with van der Waals surface area (Å²) in [7, 11) is 3.46. The summed E-state index contributed by atoms with van der Waals surface area (Å²) in [5, 5.41) is 0. The highest BCUT2D eigenvalue weighted by atomic mass is 19.1. The van der Waals surface area contributed by atoms with E-state index in [1.165, 1.54) is 12.1 Å². The molecule has 2 unspecified atom stereocenters. The van der Waals surface area contributed by atoms with Crippen LogP contribution in [-0.2, 0) is 4.74 Å². The molecular formula is C14H19FN2O2. The van der Waals surface area contributed by atoms with Crippen LogP contribution in [0.4, 0.5) is 9.18 Å². The second-order valence-corrected chi connectivity index (χ2v) is 5.07. The average molecular weight is 266 g/mol. The Balaban J connectivity index is 2.13. The van der Waals surface area contributed by atoms with Crippen molar-refractivity contribution >= 4 is 6.03 Å². The molecule has 0 spiro atoms. The Morgan fingerprint density at radius 2 is 1.95 bits per heavy atom. The number of carbonyl (C=O) groups is 1. The van der Waals surface area contributed by atoms with E-state index in [-0.39, 0.29) is 24.1 Å². The van der Waals surface area contributed by atoms with Gasteiger partial charge in [0.05, 0.1) is 12.6 Å². The van der Waals surface area contributed by atoms with Crippen molar-refractivity contribution in [2.24, 2.45) is 0 Å². The summed E-state index contributed by atoms with van der Waals surface area (Å²) >= 11 is 0. The second-order valence-electron chi connectivity index (χ2n) is 5.07. The Hall–Kier alpha value is -1.62. The Morgan fingerprint density at radius 1 is 1.32 bits per heavy atom. The molecule has 19 heavy (non-hydrogen) atoms. The zero-order valence-electron chi connectivity index (χ0n) is 11.5. The second kappa shape index (κ2) is 5.57. The molecule has 2 amide bonds. The summed E-state index contributed by atoms with van der Waals surface area (Å²) < 4.78 is 18.8. The maximum atomic E-state index is 12.9. The van der Waals surface area contributed by atoms with Gasteiger partial charge in [-0.25, -0.2) is 9.18 Å². The van der Waals surface area contributed by atoms with E-state index in [0.29, 0.717) is 13.1 Å². The van der Waals surface area contributed by atoms with Gasteiger partial charge in [0, 0.05) is 20.6 Å². The smallest absolute Gasteiger partial charge is 0.319 e. The summed E-state index contributed by atoms with van der Waals surface area (Å²) in [6.07, 6.45) is -0.235. The highest BCUT2D eigenvalue weighted by Gasteiger charge is 2.30. The number of carbonyl (C=O) groups excluding carboxylic acids is 1. The first-order valence-corrected chi connectivity index (χ1v) is 6.34. The van der Waals surface area contributed by atoms with E-state index in [4.69, 9.17) is 4.74 Å². The van der Waals surface area contributed by atoms with Gasteiger partial charge in [-0.15, -0.1) is 0 Å². The number of nitrogens with zero attached hydrogens (tertiary/aromatic N) is 2. The van der Waals surface area contributed by atoms with Gasteiger partial charge in [0.15, 0.2) is 0 Å². The van der Waals surface area contributed by atoms with Gasteiger partial charge in [-0.3, -0.25) is 0 Å². The molecule has 0 saturated carbocycles. The van der Waals surface area contributed by atoms with E-state index < -0.39 is 0 Å². The first-order valence-electron chi connectivity index (χ1n) is 6.34. The van der Waals surface area contributed by atoms with E-state index in [9.17, 15) is 9.18 Å². The zero-order chi connectivity index (χ0) is 14.0. The number of hydrogen-bond donors (Lipinski definition) is 0. The van der Waals surface area contributed by atoms with Gasteiger partial charge >= 0.3 is 6.03 Å². The van der Waals surface area contributed by atoms with Crippen LogP contribution in [0.25, 0.3) is 0 Å². The molecule has 0 aromatic heterocycles. The monoisotopic (exact) mass is 266 g/mol. The normalized spacial score (nSPS) is 23.3. The predicted octanol–water partition coefficient (Wildman–Crippen LogP) is 2.27. The lowest BCUT2D eigenvalue weighted by Gasteiger charge is -2.38. The molecule has 1 heterocycles. The summed E-state index contributed by atoms with van der Waals surface area (Å²) in [6, 6.07) is 6.21. The molecular weight excluding hydrogens is 247 g/mol. The van der Waals surface area contributed by atoms with E-state index in [1.54, 1.807) is 36.0 Å². The Kier molecular flexibility index (Phi) is 4.04. The van der Waals surface area contributed by atoms with Crippen molar-refractivity contribution in [3.63, 3.8) is 0 Å². The van der Waals surface area contributed by atoms with Crippen molar-refractivity contribution < 1.29 is 13.9 Å². The third-order valence-electron chi connectivity index (χ3n) is 3.16. The number of rotatable bonds is 1. The van der Waals surface area contributed by atoms with Gasteiger partial charge in [-0.2, -0.15) is 0 Å². The summed E-state index contributed by atoms with van der Waals surface area (Å²) in [6.45, 7) is 3.01. The van der Waals surface area contributed by atoms with Crippen molar-refractivity contribution in [2.75, 3.05) is 27.2 Å². The highest BCUT2D eigenvalue weighted by Crippen LogP contribution is 2.25. The molecule has 1 aliphatic heterocycles. The number of hydrogen-bond acceptors (Lipinski definition) is 2. The number of morpholine rings is 1. The Bertz CT molecular complexity index is 447. The van der Waals surface area contributed by atoms with E-state index in [0.717, 1.165) is 5.56 Å². The molecule has 104 valence electrons. The van der Waals surface area contributed by atoms with Gasteiger partial charge in [0.2, 0.25) is 0 Å². The standard InChI is InChI=1S/C14H19FN2O2/c1-10-8-17(14(18)16(2)3)9-13(19-10)11-4-6-12(15)7-5-11/h4-7,10,13H,8-9H2,1-3H3.